The van der Waals surface area contributed by atoms with Crippen molar-refractivity contribution in [3.05, 3.63) is 22.3 Å². The number of thiazole rings is 1. The summed E-state index contributed by atoms with van der Waals surface area (Å²) in [5.41, 5.74) is -1.64. The molecule has 0 aromatic carbocycles. The lowest BCUT2D eigenvalue weighted by molar-refractivity contribution is -0.160. The molecule has 1 saturated heterocycles. The van der Waals surface area contributed by atoms with E-state index in [4.69, 9.17) is 14.3 Å². The van der Waals surface area contributed by atoms with Crippen molar-refractivity contribution in [2.45, 2.75) is 75.9 Å². The molecule has 2 aromatic heterocycles. The van der Waals surface area contributed by atoms with Crippen LogP contribution in [0.3, 0.4) is 0 Å². The number of esters is 1. The minimum absolute atomic E-state index is 0.0145. The first-order valence-electron chi connectivity index (χ1n) is 15.1. The van der Waals surface area contributed by atoms with Gasteiger partial charge in [0.25, 0.3) is 11.8 Å². The standard InChI is InChI=1S/C28H36N10O10S3/c1-27(2,3)47-16(40)9-46-34-17(15-12-50-24(31-15)30-13-39)20(41)32-18-21(42)38-19(23(43)44)14(10-49-22(18)38)11-51-25-33-35-36-37(25)8-7-29-26(45)48-28(4,5)6/h12-13,18,22H,7-11H2,1-6H3,(H,29,45)(H,32,41)(H,43,44)(H,30,31,39)/t18?,22-/m1/s1. The van der Waals surface area contributed by atoms with Crippen LogP contribution in [0.25, 0.3) is 0 Å². The van der Waals surface area contributed by atoms with Crippen molar-refractivity contribution < 1.29 is 48.2 Å². The van der Waals surface area contributed by atoms with Crippen LogP contribution in [-0.2, 0) is 44.8 Å². The molecule has 2 atom stereocenters. The zero-order valence-corrected chi connectivity index (χ0v) is 30.8. The Labute approximate surface area is 303 Å². The number of hydrogen-bond donors (Lipinski definition) is 4. The largest absolute Gasteiger partial charge is 0.477 e. The number of carboxylic acids is 1. The van der Waals surface area contributed by atoms with Gasteiger partial charge in [-0.3, -0.25) is 19.3 Å². The maximum Gasteiger partial charge on any atom is 0.407 e. The number of fused-ring (bicyclic) bond motifs is 1. The maximum absolute atomic E-state index is 13.4. The number of ether oxygens (including phenoxy) is 2. The summed E-state index contributed by atoms with van der Waals surface area (Å²) >= 11 is 3.39. The first kappa shape index (κ1) is 39.0. The maximum atomic E-state index is 13.4. The van der Waals surface area contributed by atoms with Crippen LogP contribution in [0.5, 0.6) is 0 Å². The lowest BCUT2D eigenvalue weighted by Crippen LogP contribution is -2.71. The molecule has 1 unspecified atom stereocenters. The molecule has 0 spiro atoms. The number of rotatable bonds is 15. The van der Waals surface area contributed by atoms with Gasteiger partial charge in [-0.15, -0.1) is 28.2 Å². The number of amides is 4. The molecule has 4 amide bonds. The van der Waals surface area contributed by atoms with Crippen molar-refractivity contribution in [1.82, 2.24) is 40.7 Å². The highest BCUT2D eigenvalue weighted by molar-refractivity contribution is 8.01. The van der Waals surface area contributed by atoms with Gasteiger partial charge < -0.3 is 35.4 Å². The molecule has 0 saturated carbocycles. The van der Waals surface area contributed by atoms with E-state index in [1.807, 2.05) is 0 Å². The first-order chi connectivity index (χ1) is 24.0. The number of hydrogen-bond acceptors (Lipinski definition) is 17. The molecule has 4 N–H and O–H groups in total. The zero-order valence-electron chi connectivity index (χ0n) is 28.3. The lowest BCUT2D eigenvalue weighted by atomic mass is 10.0. The van der Waals surface area contributed by atoms with E-state index in [-0.39, 0.29) is 41.1 Å². The molecule has 20 nitrogen and oxygen atoms in total. The Bertz CT molecular complexity index is 1730. The van der Waals surface area contributed by atoms with Crippen LogP contribution in [0, 0.1) is 0 Å². The van der Waals surface area contributed by atoms with E-state index in [2.05, 4.69) is 41.6 Å². The molecule has 2 aromatic rings. The number of alkyl carbamates (subject to hydrolysis) is 1. The molecule has 51 heavy (non-hydrogen) atoms. The number of nitrogens with one attached hydrogen (secondary N) is 3. The van der Waals surface area contributed by atoms with Crippen LogP contribution < -0.4 is 16.0 Å². The predicted molar refractivity (Wildman–Crippen MR) is 183 cm³/mol. The fraction of sp³-hybridized carbons (Fsp3) is 0.536. The van der Waals surface area contributed by atoms with Crippen molar-refractivity contribution in [2.75, 3.05) is 30.0 Å². The molecule has 4 rings (SSSR count). The van der Waals surface area contributed by atoms with Gasteiger partial charge in [-0.25, -0.2) is 24.0 Å². The molecule has 1 fully saturated rings. The highest BCUT2D eigenvalue weighted by Gasteiger charge is 2.54. The van der Waals surface area contributed by atoms with E-state index in [1.54, 1.807) is 41.5 Å². The van der Waals surface area contributed by atoms with E-state index in [1.165, 1.54) is 21.8 Å². The van der Waals surface area contributed by atoms with Crippen molar-refractivity contribution in [3.63, 3.8) is 0 Å². The fourth-order valence-electron chi connectivity index (χ4n) is 4.40. The molecule has 23 heteroatoms. The van der Waals surface area contributed by atoms with Crippen LogP contribution in [0.2, 0.25) is 0 Å². The highest BCUT2D eigenvalue weighted by atomic mass is 32.2. The number of β-lactam (4-membered cyclic amide) rings is 1. The number of nitrogens with zero attached hydrogens (tertiary/aromatic N) is 7. The van der Waals surface area contributed by atoms with Crippen LogP contribution >= 0.6 is 34.9 Å². The number of carboxylic acid groups (broad SMARTS) is 1. The lowest BCUT2D eigenvalue weighted by Gasteiger charge is -2.49. The van der Waals surface area contributed by atoms with Gasteiger partial charge in [-0.05, 0) is 57.5 Å². The minimum atomic E-state index is -1.33. The molecule has 0 radical (unpaired) electrons. The van der Waals surface area contributed by atoms with Gasteiger partial charge in [0.05, 0.1) is 6.54 Å². The first-order valence-corrected chi connectivity index (χ1v) is 18.0. The molecule has 2 aliphatic rings. The number of anilines is 1. The number of thioether (sulfide) groups is 2. The summed E-state index contributed by atoms with van der Waals surface area (Å²) in [4.78, 5) is 84.4. The summed E-state index contributed by atoms with van der Waals surface area (Å²) in [7, 11) is 0. The number of aliphatic carboxylic acids is 1. The van der Waals surface area contributed by atoms with E-state index in [9.17, 15) is 33.9 Å². The third kappa shape index (κ3) is 10.6. The summed E-state index contributed by atoms with van der Waals surface area (Å²) in [6, 6.07) is -1.13. The summed E-state index contributed by atoms with van der Waals surface area (Å²) in [6.07, 6.45) is -0.197. The van der Waals surface area contributed by atoms with Crippen LogP contribution in [-0.4, -0.2) is 124 Å². The molecule has 0 aliphatic carbocycles. The summed E-state index contributed by atoms with van der Waals surface area (Å²) in [6.45, 7) is 9.99. The molecular weight excluding hydrogens is 733 g/mol. The second-order valence-electron chi connectivity index (χ2n) is 12.6. The Balaban J connectivity index is 1.42. The Morgan fingerprint density at radius 1 is 1.16 bits per heavy atom. The Kier molecular flexibility index (Phi) is 12.6. The third-order valence-corrected chi connectivity index (χ3v) is 9.46. The normalized spacial score (nSPS) is 17.6. The molecule has 0 bridgehead atoms. The van der Waals surface area contributed by atoms with Crippen molar-refractivity contribution in [1.29, 1.82) is 0 Å². The quantitative estimate of drug-likeness (QED) is 0.0488. The second-order valence-corrected chi connectivity index (χ2v) is 15.5. The average molecular weight is 769 g/mol. The highest BCUT2D eigenvalue weighted by Crippen LogP contribution is 2.41. The minimum Gasteiger partial charge on any atom is -0.477 e. The average Bonchev–Trinajstić information content (AvgIpc) is 3.68. The van der Waals surface area contributed by atoms with Crippen LogP contribution in [0.4, 0.5) is 9.93 Å². The SMILES string of the molecule is CC(C)(C)OC(=O)CON=C(C(=O)NC1C(=O)N2C(C(=O)O)=C(CSc3nnnn3CCNC(=O)OC(C)(C)C)CS[C@H]12)c1csc(NC=O)n1. The van der Waals surface area contributed by atoms with Gasteiger partial charge in [0, 0.05) is 23.4 Å². The van der Waals surface area contributed by atoms with E-state index in [0.29, 0.717) is 17.1 Å². The zero-order chi connectivity index (χ0) is 37.5. The molecular formula is C28H36N10O10S3. The van der Waals surface area contributed by atoms with Gasteiger partial charge in [-0.1, -0.05) is 16.9 Å². The number of carbonyl (C=O) groups excluding carboxylic acids is 5. The van der Waals surface area contributed by atoms with Gasteiger partial charge in [0.1, 0.15) is 34.0 Å². The second kappa shape index (κ2) is 16.5. The predicted octanol–water partition coefficient (Wildman–Crippen LogP) is 0.816. The number of aromatic nitrogens is 5. The molecule has 2 aliphatic heterocycles. The summed E-state index contributed by atoms with van der Waals surface area (Å²) in [5, 5.41) is 34.1. The van der Waals surface area contributed by atoms with Crippen LogP contribution in [0.1, 0.15) is 47.2 Å². The van der Waals surface area contributed by atoms with Gasteiger partial charge in [0.15, 0.2) is 10.8 Å². The number of carbonyl (C=O) groups is 6. The monoisotopic (exact) mass is 768 g/mol. The Morgan fingerprint density at radius 2 is 1.88 bits per heavy atom. The topological polar surface area (TPSA) is 259 Å². The summed E-state index contributed by atoms with van der Waals surface area (Å²) in [5.74, 6) is -3.29. The number of oxime groups is 1. The summed E-state index contributed by atoms with van der Waals surface area (Å²) < 4.78 is 11.8. The van der Waals surface area contributed by atoms with Gasteiger partial charge in [-0.2, -0.15) is 0 Å². The van der Waals surface area contributed by atoms with E-state index >= 15 is 0 Å². The Morgan fingerprint density at radius 3 is 2.55 bits per heavy atom. The van der Waals surface area contributed by atoms with E-state index < -0.39 is 64.8 Å². The van der Waals surface area contributed by atoms with E-state index in [0.717, 1.165) is 28.0 Å². The Hall–Kier alpha value is -4.77. The third-order valence-electron chi connectivity index (χ3n) is 6.31. The van der Waals surface area contributed by atoms with Crippen LogP contribution in [0.15, 0.2) is 27.0 Å². The van der Waals surface area contributed by atoms with Gasteiger partial charge in [0.2, 0.25) is 18.2 Å². The fourth-order valence-corrected chi connectivity index (χ4v) is 7.44. The van der Waals surface area contributed by atoms with Crippen molar-refractivity contribution in [2.24, 2.45) is 5.16 Å². The number of tetrazole rings is 1. The van der Waals surface area contributed by atoms with Gasteiger partial charge >= 0.3 is 18.0 Å². The molecule has 276 valence electrons. The van der Waals surface area contributed by atoms with Crippen molar-refractivity contribution in [3.8, 4) is 0 Å². The smallest absolute Gasteiger partial charge is 0.407 e. The molecule has 4 heterocycles. The van der Waals surface area contributed by atoms with Crippen molar-refractivity contribution >= 4 is 82.0 Å².